The van der Waals surface area contributed by atoms with Gasteiger partial charge in [0.2, 0.25) is 0 Å². The molecule has 0 aromatic carbocycles. The van der Waals surface area contributed by atoms with Crippen LogP contribution >= 0.6 is 0 Å². The van der Waals surface area contributed by atoms with Gasteiger partial charge in [0.15, 0.2) is 11.6 Å². The monoisotopic (exact) mass is 268 g/mol. The van der Waals surface area contributed by atoms with Gasteiger partial charge in [0.1, 0.15) is 5.70 Å². The van der Waals surface area contributed by atoms with Crippen molar-refractivity contribution in [3.8, 4) is 0 Å². The van der Waals surface area contributed by atoms with Crippen molar-refractivity contribution in [3.05, 3.63) is 29.7 Å². The van der Waals surface area contributed by atoms with Crippen LogP contribution in [0.25, 0.3) is 5.57 Å². The van der Waals surface area contributed by atoms with E-state index in [1.807, 2.05) is 0 Å². The van der Waals surface area contributed by atoms with E-state index in [1.165, 1.54) is 7.05 Å². The molecule has 3 N–H and O–H groups in total. The second-order valence-corrected chi connectivity index (χ2v) is 3.82. The molecule has 0 aliphatic carbocycles. The van der Waals surface area contributed by atoms with E-state index in [4.69, 9.17) is 34.4 Å². The average Bonchev–Trinajstić information content (AvgIpc) is 2.34. The lowest BCUT2D eigenvalue weighted by Crippen LogP contribution is -2.30. The number of aliphatic imine (C=N–C) groups is 1. The SMILES string of the molecule is [B]C([B])([B])C(=NC)/C(=C(\N)C(=O)O)c1ncc(F)cn1. The van der Waals surface area contributed by atoms with Gasteiger partial charge in [-0.25, -0.2) is 19.2 Å². The largest absolute Gasteiger partial charge is 0.477 e. The molecule has 20 heavy (non-hydrogen) atoms. The van der Waals surface area contributed by atoms with Gasteiger partial charge in [0.05, 0.1) is 41.5 Å². The summed E-state index contributed by atoms with van der Waals surface area (Å²) in [5.41, 5.74) is 4.30. The molecule has 0 fully saturated rings. The van der Waals surface area contributed by atoms with E-state index in [0.717, 1.165) is 12.4 Å². The fraction of sp³-hybridized carbons (Fsp3) is 0.200. The first kappa shape index (κ1) is 15.9. The van der Waals surface area contributed by atoms with Gasteiger partial charge in [-0.15, -0.1) is 0 Å². The van der Waals surface area contributed by atoms with Crippen molar-refractivity contribution in [2.45, 2.75) is 5.11 Å². The summed E-state index contributed by atoms with van der Waals surface area (Å²) in [6, 6.07) is 0. The van der Waals surface area contributed by atoms with E-state index in [2.05, 4.69) is 15.0 Å². The minimum atomic E-state index is -1.97. The molecule has 1 aromatic rings. The van der Waals surface area contributed by atoms with Gasteiger partial charge < -0.3 is 10.8 Å². The lowest BCUT2D eigenvalue weighted by molar-refractivity contribution is -0.132. The van der Waals surface area contributed by atoms with E-state index >= 15 is 0 Å². The average molecular weight is 268 g/mol. The highest BCUT2D eigenvalue weighted by molar-refractivity contribution is 6.73. The van der Waals surface area contributed by atoms with Crippen molar-refractivity contribution in [2.75, 3.05) is 7.05 Å². The standard InChI is InChI=1S/C10H8B3FN4O2/c1-16-7(10(11,12)13)5(6(15)9(19)20)8-17-2-4(14)3-18-8/h2-3H,15H2,1H3,(H,19,20)/b6-5+,16-7?. The number of carbonyl (C=O) groups is 1. The Balaban J connectivity index is 3.57. The molecule has 0 bridgehead atoms. The highest BCUT2D eigenvalue weighted by atomic mass is 19.1. The highest BCUT2D eigenvalue weighted by Gasteiger charge is 2.27. The van der Waals surface area contributed by atoms with E-state index < -0.39 is 22.6 Å². The van der Waals surface area contributed by atoms with Crippen LogP contribution in [0.15, 0.2) is 23.1 Å². The number of carboxylic acid groups (broad SMARTS) is 1. The van der Waals surface area contributed by atoms with Crippen LogP contribution in [0.5, 0.6) is 0 Å². The van der Waals surface area contributed by atoms with Crippen LogP contribution in [-0.2, 0) is 4.79 Å². The van der Waals surface area contributed by atoms with Crippen LogP contribution in [0.2, 0.25) is 5.11 Å². The molecule has 6 radical (unpaired) electrons. The Kier molecular flexibility index (Phi) is 4.70. The molecule has 0 aliphatic heterocycles. The molecule has 0 aliphatic rings. The van der Waals surface area contributed by atoms with Crippen molar-refractivity contribution in [3.63, 3.8) is 0 Å². The first-order valence-electron chi connectivity index (χ1n) is 5.23. The number of nitrogens with two attached hydrogens (primary N) is 1. The first-order valence-corrected chi connectivity index (χ1v) is 5.23. The molecule has 0 atom stereocenters. The fourth-order valence-electron chi connectivity index (χ4n) is 1.42. The Hall–Kier alpha value is -2.12. The quantitative estimate of drug-likeness (QED) is 0.415. The third-order valence-electron chi connectivity index (χ3n) is 2.21. The normalized spacial score (nSPS) is 13.8. The van der Waals surface area contributed by atoms with Crippen LogP contribution < -0.4 is 5.73 Å². The predicted molar refractivity (Wildman–Crippen MR) is 74.0 cm³/mol. The van der Waals surface area contributed by atoms with E-state index in [0.29, 0.717) is 0 Å². The van der Waals surface area contributed by atoms with Gasteiger partial charge in [0, 0.05) is 12.8 Å². The van der Waals surface area contributed by atoms with E-state index in [9.17, 15) is 9.18 Å². The Morgan fingerprint density at radius 3 is 2.25 bits per heavy atom. The minimum Gasteiger partial charge on any atom is -0.477 e. The maximum absolute atomic E-state index is 12.8. The number of aliphatic carboxylic acids is 1. The van der Waals surface area contributed by atoms with E-state index in [-0.39, 0.29) is 17.1 Å². The van der Waals surface area contributed by atoms with Gasteiger partial charge in [0.25, 0.3) is 0 Å². The minimum absolute atomic E-state index is 0.211. The fourth-order valence-corrected chi connectivity index (χ4v) is 1.42. The number of aromatic nitrogens is 2. The molecule has 0 amide bonds. The van der Waals surface area contributed by atoms with Gasteiger partial charge in [-0.2, -0.15) is 0 Å². The first-order chi connectivity index (χ1) is 9.18. The summed E-state index contributed by atoms with van der Waals surface area (Å²) in [7, 11) is 17.8. The topological polar surface area (TPSA) is 101 Å². The second-order valence-electron chi connectivity index (χ2n) is 3.82. The maximum atomic E-state index is 12.8. The Morgan fingerprint density at radius 2 is 1.90 bits per heavy atom. The third kappa shape index (κ3) is 3.46. The molecule has 10 heteroatoms. The summed E-state index contributed by atoms with van der Waals surface area (Å²) >= 11 is 0. The molecular weight excluding hydrogens is 260 g/mol. The molecule has 1 heterocycles. The summed E-state index contributed by atoms with van der Waals surface area (Å²) in [6.45, 7) is 0. The predicted octanol–water partition coefficient (Wildman–Crippen LogP) is -0.980. The summed E-state index contributed by atoms with van der Waals surface area (Å²) in [5, 5.41) is 7.02. The molecule has 0 saturated heterocycles. The Bertz CT molecular complexity index is 581. The Morgan fingerprint density at radius 1 is 1.40 bits per heavy atom. The van der Waals surface area contributed by atoms with Crippen molar-refractivity contribution in [2.24, 2.45) is 10.7 Å². The zero-order valence-corrected chi connectivity index (χ0v) is 10.5. The summed E-state index contributed by atoms with van der Waals surface area (Å²) in [5.74, 6) is -2.40. The van der Waals surface area contributed by atoms with Gasteiger partial charge in [-0.1, -0.05) is 5.11 Å². The zero-order chi connectivity index (χ0) is 15.5. The lowest BCUT2D eigenvalue weighted by atomic mass is 9.39. The number of allylic oxidation sites excluding steroid dienone is 1. The van der Waals surface area contributed by atoms with Crippen molar-refractivity contribution < 1.29 is 14.3 Å². The van der Waals surface area contributed by atoms with Gasteiger partial charge in [-0.3, -0.25) is 4.99 Å². The highest BCUT2D eigenvalue weighted by Crippen LogP contribution is 2.26. The van der Waals surface area contributed by atoms with Crippen LogP contribution in [0, 0.1) is 5.82 Å². The van der Waals surface area contributed by atoms with Crippen molar-refractivity contribution in [1.29, 1.82) is 0 Å². The van der Waals surface area contributed by atoms with Crippen molar-refractivity contribution >= 4 is 40.8 Å². The molecule has 96 valence electrons. The zero-order valence-electron chi connectivity index (χ0n) is 10.5. The molecule has 1 aromatic heterocycles. The molecular formula is C10H8B3FN4O2. The van der Waals surface area contributed by atoms with Crippen LogP contribution in [0.1, 0.15) is 5.82 Å². The van der Waals surface area contributed by atoms with Crippen molar-refractivity contribution in [1.82, 2.24) is 9.97 Å². The van der Waals surface area contributed by atoms with Crippen LogP contribution in [-0.4, -0.2) is 57.3 Å². The lowest BCUT2D eigenvalue weighted by Gasteiger charge is -2.24. The number of rotatable bonds is 4. The number of hydrogen-bond donors (Lipinski definition) is 2. The maximum Gasteiger partial charge on any atom is 0.352 e. The number of carboxylic acids is 1. The third-order valence-corrected chi connectivity index (χ3v) is 2.21. The number of nitrogens with zero attached hydrogens (tertiary/aromatic N) is 3. The summed E-state index contributed by atoms with van der Waals surface area (Å²) in [6.07, 6.45) is 1.66. The van der Waals surface area contributed by atoms with Crippen LogP contribution in [0.4, 0.5) is 4.39 Å². The number of hydrogen-bond acceptors (Lipinski definition) is 5. The molecule has 0 saturated carbocycles. The van der Waals surface area contributed by atoms with Crippen LogP contribution in [0.3, 0.4) is 0 Å². The summed E-state index contributed by atoms with van der Waals surface area (Å²) < 4.78 is 12.8. The van der Waals surface area contributed by atoms with Gasteiger partial charge in [-0.05, 0) is 0 Å². The van der Waals surface area contributed by atoms with E-state index in [1.54, 1.807) is 0 Å². The van der Waals surface area contributed by atoms with Gasteiger partial charge >= 0.3 is 5.97 Å². The Labute approximate surface area is 118 Å². The summed E-state index contributed by atoms with van der Waals surface area (Å²) in [4.78, 5) is 22.0. The smallest absolute Gasteiger partial charge is 0.352 e. The molecule has 0 unspecified atom stereocenters. The molecule has 1 rings (SSSR count). The number of halogens is 1. The second kappa shape index (κ2) is 5.89. The molecule has 6 nitrogen and oxygen atoms in total. The molecule has 0 spiro atoms.